The molecule has 1 rings (SSSR count). The van der Waals surface area contributed by atoms with Crippen molar-refractivity contribution in [2.45, 2.75) is 77.8 Å². The van der Waals surface area contributed by atoms with E-state index in [1.54, 1.807) is 0 Å². The zero-order valence-corrected chi connectivity index (χ0v) is 14.1. The van der Waals surface area contributed by atoms with Crippen LogP contribution in [0.25, 0.3) is 0 Å². The summed E-state index contributed by atoms with van der Waals surface area (Å²) in [5, 5.41) is 13.2. The fraction of sp³-hybridized carbons (Fsp3) is 1.00. The third kappa shape index (κ3) is 6.55. The van der Waals surface area contributed by atoms with Gasteiger partial charge in [-0.1, -0.05) is 33.6 Å². The first-order valence-corrected chi connectivity index (χ1v) is 8.67. The Morgan fingerprint density at radius 2 is 1.90 bits per heavy atom. The largest absolute Gasteiger partial charge is 0.394 e. The highest BCUT2D eigenvalue weighted by molar-refractivity contribution is 4.92. The van der Waals surface area contributed by atoms with Crippen molar-refractivity contribution in [1.82, 2.24) is 10.2 Å². The molecule has 1 fully saturated rings. The number of aliphatic hydroxyl groups excluding tert-OH is 1. The molecule has 1 aliphatic carbocycles. The van der Waals surface area contributed by atoms with Crippen LogP contribution in [0.4, 0.5) is 0 Å². The number of nitrogens with one attached hydrogen (secondary N) is 1. The fourth-order valence-corrected chi connectivity index (χ4v) is 2.90. The molecule has 0 radical (unpaired) electrons. The van der Waals surface area contributed by atoms with Crippen molar-refractivity contribution in [2.24, 2.45) is 5.92 Å². The van der Waals surface area contributed by atoms with Gasteiger partial charge in [0.1, 0.15) is 0 Å². The van der Waals surface area contributed by atoms with Gasteiger partial charge in [0.15, 0.2) is 0 Å². The normalized spacial score (nSPS) is 18.8. The lowest BCUT2D eigenvalue weighted by Gasteiger charge is -2.31. The Balaban J connectivity index is 2.27. The van der Waals surface area contributed by atoms with Crippen LogP contribution in [-0.2, 0) is 0 Å². The number of nitrogens with zero attached hydrogens (tertiary/aromatic N) is 1. The van der Waals surface area contributed by atoms with Crippen molar-refractivity contribution in [3.63, 3.8) is 0 Å². The van der Waals surface area contributed by atoms with Gasteiger partial charge in [-0.2, -0.15) is 0 Å². The Morgan fingerprint density at radius 1 is 1.25 bits per heavy atom. The molecule has 0 aromatic rings. The maximum absolute atomic E-state index is 9.63. The molecule has 0 aromatic heterocycles. The molecule has 1 aliphatic rings. The van der Waals surface area contributed by atoms with E-state index in [1.165, 1.54) is 38.6 Å². The van der Waals surface area contributed by atoms with E-state index in [4.69, 9.17) is 0 Å². The zero-order valence-electron chi connectivity index (χ0n) is 14.1. The molecule has 120 valence electrons. The SMILES string of the molecule is CCC(CC)CN(CC)CCCC(C)(CO)NC1CC1. The van der Waals surface area contributed by atoms with E-state index >= 15 is 0 Å². The van der Waals surface area contributed by atoms with E-state index in [1.807, 2.05) is 0 Å². The second-order valence-electron chi connectivity index (χ2n) is 6.82. The summed E-state index contributed by atoms with van der Waals surface area (Å²) in [6.07, 6.45) is 7.37. The Bertz CT molecular complexity index is 251. The van der Waals surface area contributed by atoms with Crippen molar-refractivity contribution in [3.05, 3.63) is 0 Å². The Labute approximate surface area is 126 Å². The zero-order chi connectivity index (χ0) is 15.0. The average molecular weight is 284 g/mol. The predicted molar refractivity (Wildman–Crippen MR) is 87.1 cm³/mol. The number of rotatable bonds is 12. The first-order chi connectivity index (χ1) is 9.56. The third-order valence-electron chi connectivity index (χ3n) is 4.80. The van der Waals surface area contributed by atoms with Crippen LogP contribution in [0.2, 0.25) is 0 Å². The maximum Gasteiger partial charge on any atom is 0.0610 e. The number of hydrogen-bond donors (Lipinski definition) is 2. The molecular formula is C17H36N2O. The van der Waals surface area contributed by atoms with Gasteiger partial charge in [0.2, 0.25) is 0 Å². The highest BCUT2D eigenvalue weighted by Crippen LogP contribution is 2.24. The van der Waals surface area contributed by atoms with Crippen molar-refractivity contribution >= 4 is 0 Å². The second-order valence-corrected chi connectivity index (χ2v) is 6.82. The lowest BCUT2D eigenvalue weighted by atomic mass is 9.96. The first kappa shape index (κ1) is 17.9. The molecular weight excluding hydrogens is 248 g/mol. The van der Waals surface area contributed by atoms with Crippen LogP contribution >= 0.6 is 0 Å². The summed E-state index contributed by atoms with van der Waals surface area (Å²) < 4.78 is 0. The molecule has 0 saturated heterocycles. The van der Waals surface area contributed by atoms with E-state index < -0.39 is 0 Å². The van der Waals surface area contributed by atoms with E-state index in [2.05, 4.69) is 37.9 Å². The number of aliphatic hydroxyl groups is 1. The summed E-state index contributed by atoms with van der Waals surface area (Å²) in [6.45, 7) is 12.8. The quantitative estimate of drug-likeness (QED) is 0.578. The van der Waals surface area contributed by atoms with E-state index in [0.29, 0.717) is 6.04 Å². The van der Waals surface area contributed by atoms with E-state index in [9.17, 15) is 5.11 Å². The van der Waals surface area contributed by atoms with Gasteiger partial charge in [-0.3, -0.25) is 0 Å². The van der Waals surface area contributed by atoms with E-state index in [0.717, 1.165) is 25.4 Å². The summed E-state index contributed by atoms with van der Waals surface area (Å²) in [6, 6.07) is 0.666. The van der Waals surface area contributed by atoms with Crippen molar-refractivity contribution in [2.75, 3.05) is 26.2 Å². The lowest BCUT2D eigenvalue weighted by Crippen LogP contribution is -2.47. The average Bonchev–Trinajstić information content (AvgIpc) is 3.26. The third-order valence-corrected chi connectivity index (χ3v) is 4.80. The molecule has 3 nitrogen and oxygen atoms in total. The molecule has 1 saturated carbocycles. The minimum atomic E-state index is -0.0739. The van der Waals surface area contributed by atoms with Crippen LogP contribution in [-0.4, -0.2) is 47.8 Å². The summed E-state index contributed by atoms with van der Waals surface area (Å²) in [5.41, 5.74) is -0.0739. The van der Waals surface area contributed by atoms with Gasteiger partial charge in [-0.05, 0) is 51.6 Å². The molecule has 0 spiro atoms. The van der Waals surface area contributed by atoms with Crippen LogP contribution in [0.5, 0.6) is 0 Å². The van der Waals surface area contributed by atoms with Gasteiger partial charge in [0, 0.05) is 18.1 Å². The molecule has 0 bridgehead atoms. The molecule has 20 heavy (non-hydrogen) atoms. The van der Waals surface area contributed by atoms with Crippen molar-refractivity contribution in [3.8, 4) is 0 Å². The van der Waals surface area contributed by atoms with Gasteiger partial charge in [-0.25, -0.2) is 0 Å². The van der Waals surface area contributed by atoms with Crippen molar-refractivity contribution in [1.29, 1.82) is 0 Å². The standard InChI is InChI=1S/C17H36N2O/c1-5-15(6-2)13-19(7-3)12-8-11-17(4,14-20)18-16-9-10-16/h15-16,18,20H,5-14H2,1-4H3. The minimum absolute atomic E-state index is 0.0739. The molecule has 1 unspecified atom stereocenters. The molecule has 1 atom stereocenters. The summed E-state index contributed by atoms with van der Waals surface area (Å²) in [4.78, 5) is 2.58. The highest BCUT2D eigenvalue weighted by atomic mass is 16.3. The van der Waals surface area contributed by atoms with Gasteiger partial charge >= 0.3 is 0 Å². The summed E-state index contributed by atoms with van der Waals surface area (Å²) >= 11 is 0. The smallest absolute Gasteiger partial charge is 0.0610 e. The van der Waals surface area contributed by atoms with Gasteiger partial charge in [0.05, 0.1) is 6.61 Å². The molecule has 0 heterocycles. The predicted octanol–water partition coefficient (Wildman–Crippen LogP) is 3.03. The topological polar surface area (TPSA) is 35.5 Å². The highest BCUT2D eigenvalue weighted by Gasteiger charge is 2.31. The van der Waals surface area contributed by atoms with Crippen LogP contribution < -0.4 is 5.32 Å². The Hall–Kier alpha value is -0.120. The second kappa shape index (κ2) is 9.01. The molecule has 2 N–H and O–H groups in total. The Kier molecular flexibility index (Phi) is 8.08. The summed E-state index contributed by atoms with van der Waals surface area (Å²) in [7, 11) is 0. The lowest BCUT2D eigenvalue weighted by molar-refractivity contribution is 0.152. The molecule has 0 amide bonds. The van der Waals surface area contributed by atoms with Crippen molar-refractivity contribution < 1.29 is 5.11 Å². The monoisotopic (exact) mass is 284 g/mol. The van der Waals surface area contributed by atoms with E-state index in [-0.39, 0.29) is 12.1 Å². The van der Waals surface area contributed by atoms with Crippen LogP contribution in [0.15, 0.2) is 0 Å². The minimum Gasteiger partial charge on any atom is -0.394 e. The maximum atomic E-state index is 9.63. The number of hydrogen-bond acceptors (Lipinski definition) is 3. The molecule has 0 aromatic carbocycles. The van der Waals surface area contributed by atoms with Gasteiger partial charge in [0.25, 0.3) is 0 Å². The first-order valence-electron chi connectivity index (χ1n) is 8.67. The summed E-state index contributed by atoms with van der Waals surface area (Å²) in [5.74, 6) is 0.837. The van der Waals surface area contributed by atoms with Crippen LogP contribution in [0.3, 0.4) is 0 Å². The van der Waals surface area contributed by atoms with Gasteiger partial charge in [-0.15, -0.1) is 0 Å². The van der Waals surface area contributed by atoms with Gasteiger partial charge < -0.3 is 15.3 Å². The van der Waals surface area contributed by atoms with Crippen LogP contribution in [0, 0.1) is 5.92 Å². The molecule has 3 heteroatoms. The molecule has 0 aliphatic heterocycles. The van der Waals surface area contributed by atoms with Crippen LogP contribution in [0.1, 0.15) is 66.2 Å². The Morgan fingerprint density at radius 3 is 2.35 bits per heavy atom. The fourth-order valence-electron chi connectivity index (χ4n) is 2.90.